The molecule has 0 spiro atoms. The molecule has 1 unspecified atom stereocenters. The molecular formula is C27H28N2O5S. The number of hydrogen-bond donors (Lipinski definition) is 4. The number of aliphatic hydroxyl groups excluding tert-OH is 1. The van der Waals surface area contributed by atoms with Gasteiger partial charge in [0, 0.05) is 19.5 Å². The standard InChI is InChI=1S/C27H28N2O5S/c30-22(18-34-24-12-8-21(9-13-24)20-4-2-1-3-5-20)17-28-14-15-33-23-10-6-19(7-11-23)16-25-26(31)29-27(32)35-25/h1-13,22,28,30-31H,14-18H2,(H,29,32). The van der Waals surface area contributed by atoms with Crippen molar-refractivity contribution in [3.63, 3.8) is 0 Å². The Morgan fingerprint density at radius 3 is 2.23 bits per heavy atom. The van der Waals surface area contributed by atoms with E-state index in [1.807, 2.05) is 66.7 Å². The number of aliphatic hydroxyl groups is 1. The number of benzene rings is 3. The molecule has 7 nitrogen and oxygen atoms in total. The summed E-state index contributed by atoms with van der Waals surface area (Å²) in [6.07, 6.45) is -0.155. The number of nitrogens with one attached hydrogen (secondary N) is 2. The molecule has 1 aromatic heterocycles. The summed E-state index contributed by atoms with van der Waals surface area (Å²) in [6, 6.07) is 25.5. The van der Waals surface area contributed by atoms with E-state index >= 15 is 0 Å². The van der Waals surface area contributed by atoms with E-state index in [1.165, 1.54) is 0 Å². The second-order valence-electron chi connectivity index (χ2n) is 8.01. The molecular weight excluding hydrogens is 464 g/mol. The average Bonchev–Trinajstić information content (AvgIpc) is 3.20. The number of aromatic hydroxyl groups is 1. The van der Waals surface area contributed by atoms with Crippen LogP contribution in [0.3, 0.4) is 0 Å². The van der Waals surface area contributed by atoms with Crippen LogP contribution in [0.5, 0.6) is 17.4 Å². The van der Waals surface area contributed by atoms with E-state index in [4.69, 9.17) is 9.47 Å². The normalized spacial score (nSPS) is 11.8. The molecule has 1 atom stereocenters. The fourth-order valence-corrected chi connectivity index (χ4v) is 4.25. The molecule has 0 fully saturated rings. The minimum atomic E-state index is -0.636. The van der Waals surface area contributed by atoms with Gasteiger partial charge in [-0.3, -0.25) is 9.78 Å². The van der Waals surface area contributed by atoms with E-state index in [0.29, 0.717) is 31.0 Å². The molecule has 8 heteroatoms. The summed E-state index contributed by atoms with van der Waals surface area (Å²) in [6.45, 7) is 1.63. The van der Waals surface area contributed by atoms with Crippen LogP contribution in [0.1, 0.15) is 10.4 Å². The number of hydrogen-bond acceptors (Lipinski definition) is 7. The van der Waals surface area contributed by atoms with Crippen LogP contribution >= 0.6 is 11.3 Å². The molecule has 3 aromatic carbocycles. The number of thiazole rings is 1. The fraction of sp³-hybridized carbons (Fsp3) is 0.222. The van der Waals surface area contributed by atoms with Crippen LogP contribution in [0.4, 0.5) is 0 Å². The highest BCUT2D eigenvalue weighted by Crippen LogP contribution is 2.23. The molecule has 0 bridgehead atoms. The first-order valence-corrected chi connectivity index (χ1v) is 12.2. The lowest BCUT2D eigenvalue weighted by Crippen LogP contribution is -2.33. The van der Waals surface area contributed by atoms with Crippen LogP contribution in [0.2, 0.25) is 0 Å². The fourth-order valence-electron chi connectivity index (χ4n) is 3.50. The minimum absolute atomic E-state index is 0.0695. The maximum absolute atomic E-state index is 11.3. The summed E-state index contributed by atoms with van der Waals surface area (Å²) < 4.78 is 11.4. The molecule has 0 aliphatic carbocycles. The first kappa shape index (κ1) is 24.5. The third-order valence-corrected chi connectivity index (χ3v) is 6.19. The van der Waals surface area contributed by atoms with Gasteiger partial charge in [-0.05, 0) is 41.0 Å². The number of H-pyrrole nitrogens is 1. The maximum atomic E-state index is 11.3. The predicted molar refractivity (Wildman–Crippen MR) is 138 cm³/mol. The number of aromatic nitrogens is 1. The van der Waals surface area contributed by atoms with Crippen molar-refractivity contribution in [3.05, 3.63) is 99.0 Å². The van der Waals surface area contributed by atoms with Gasteiger partial charge in [-0.1, -0.05) is 65.9 Å². The largest absolute Gasteiger partial charge is 0.494 e. The highest BCUT2D eigenvalue weighted by Gasteiger charge is 2.08. The molecule has 0 aliphatic rings. The number of aromatic amines is 1. The highest BCUT2D eigenvalue weighted by molar-refractivity contribution is 7.09. The Morgan fingerprint density at radius 1 is 0.886 bits per heavy atom. The van der Waals surface area contributed by atoms with Crippen LogP contribution in [-0.4, -0.2) is 47.6 Å². The van der Waals surface area contributed by atoms with Gasteiger partial charge < -0.3 is 25.0 Å². The Kier molecular flexibility index (Phi) is 8.56. The third-order valence-electron chi connectivity index (χ3n) is 5.32. The first-order valence-electron chi connectivity index (χ1n) is 11.4. The van der Waals surface area contributed by atoms with Crippen LogP contribution in [0.25, 0.3) is 11.1 Å². The smallest absolute Gasteiger partial charge is 0.307 e. The van der Waals surface area contributed by atoms with E-state index in [9.17, 15) is 15.0 Å². The summed E-state index contributed by atoms with van der Waals surface area (Å²) in [5, 5.41) is 23.0. The zero-order valence-corrected chi connectivity index (χ0v) is 20.0. The van der Waals surface area contributed by atoms with Gasteiger partial charge in [-0.15, -0.1) is 0 Å². The van der Waals surface area contributed by atoms with Gasteiger partial charge in [-0.2, -0.15) is 0 Å². The van der Waals surface area contributed by atoms with E-state index in [-0.39, 0.29) is 17.4 Å². The Hall–Kier alpha value is -3.59. The van der Waals surface area contributed by atoms with Crippen molar-refractivity contribution in [3.8, 4) is 28.5 Å². The molecule has 182 valence electrons. The molecule has 0 saturated carbocycles. The minimum Gasteiger partial charge on any atom is -0.494 e. The monoisotopic (exact) mass is 492 g/mol. The molecule has 0 amide bonds. The van der Waals surface area contributed by atoms with Crippen LogP contribution in [0.15, 0.2) is 83.7 Å². The highest BCUT2D eigenvalue weighted by atomic mass is 32.1. The Morgan fingerprint density at radius 2 is 1.54 bits per heavy atom. The zero-order chi connectivity index (χ0) is 24.5. The maximum Gasteiger partial charge on any atom is 0.307 e. The third kappa shape index (κ3) is 7.45. The van der Waals surface area contributed by atoms with Crippen molar-refractivity contribution in [1.29, 1.82) is 0 Å². The number of rotatable bonds is 12. The van der Waals surface area contributed by atoms with E-state index in [0.717, 1.165) is 39.5 Å². The average molecular weight is 493 g/mol. The lowest BCUT2D eigenvalue weighted by atomic mass is 10.1. The van der Waals surface area contributed by atoms with E-state index in [1.54, 1.807) is 0 Å². The van der Waals surface area contributed by atoms with Crippen molar-refractivity contribution < 1.29 is 19.7 Å². The summed E-state index contributed by atoms with van der Waals surface area (Å²) in [5.74, 6) is 1.38. The SMILES string of the molecule is O=c1[nH]c(O)c(Cc2ccc(OCCNCC(O)COc3ccc(-c4ccccc4)cc3)cc2)s1. The Labute approximate surface area is 207 Å². The lowest BCUT2D eigenvalue weighted by molar-refractivity contribution is 0.105. The van der Waals surface area contributed by atoms with Crippen molar-refractivity contribution in [2.24, 2.45) is 0 Å². The topological polar surface area (TPSA) is 104 Å². The van der Waals surface area contributed by atoms with Gasteiger partial charge in [0.05, 0.1) is 4.88 Å². The molecule has 4 N–H and O–H groups in total. The van der Waals surface area contributed by atoms with Crippen molar-refractivity contribution in [1.82, 2.24) is 10.3 Å². The quantitative estimate of drug-likeness (QED) is 0.224. The van der Waals surface area contributed by atoms with Crippen LogP contribution in [0, 0.1) is 0 Å². The first-order chi connectivity index (χ1) is 17.1. The van der Waals surface area contributed by atoms with Gasteiger partial charge in [0.15, 0.2) is 0 Å². The summed E-state index contributed by atoms with van der Waals surface area (Å²) >= 11 is 1.01. The second kappa shape index (κ2) is 12.2. The van der Waals surface area contributed by atoms with Crippen molar-refractivity contribution >= 4 is 11.3 Å². The van der Waals surface area contributed by atoms with Gasteiger partial charge in [0.2, 0.25) is 5.88 Å². The summed E-state index contributed by atoms with van der Waals surface area (Å²) in [4.78, 5) is 14.0. The van der Waals surface area contributed by atoms with Gasteiger partial charge in [-0.25, -0.2) is 0 Å². The molecule has 4 rings (SSSR count). The Bertz CT molecular complexity index is 1240. The molecule has 4 aromatic rings. The molecule has 35 heavy (non-hydrogen) atoms. The molecule has 1 heterocycles. The Balaban J connectivity index is 1.11. The summed E-state index contributed by atoms with van der Waals surface area (Å²) in [7, 11) is 0. The van der Waals surface area contributed by atoms with Crippen LogP contribution in [-0.2, 0) is 6.42 Å². The molecule has 0 aliphatic heterocycles. The zero-order valence-electron chi connectivity index (χ0n) is 19.1. The lowest BCUT2D eigenvalue weighted by Gasteiger charge is -2.14. The van der Waals surface area contributed by atoms with Crippen molar-refractivity contribution in [2.75, 3.05) is 26.3 Å². The van der Waals surface area contributed by atoms with Gasteiger partial charge in [0.25, 0.3) is 0 Å². The number of ether oxygens (including phenoxy) is 2. The predicted octanol–water partition coefficient (Wildman–Crippen LogP) is 3.81. The molecule has 0 saturated heterocycles. The van der Waals surface area contributed by atoms with Gasteiger partial charge >= 0.3 is 4.87 Å². The van der Waals surface area contributed by atoms with Crippen molar-refractivity contribution in [2.45, 2.75) is 12.5 Å². The molecule has 0 radical (unpaired) electrons. The van der Waals surface area contributed by atoms with Gasteiger partial charge in [0.1, 0.15) is 30.8 Å². The van der Waals surface area contributed by atoms with Crippen LogP contribution < -0.4 is 19.7 Å². The second-order valence-corrected chi connectivity index (χ2v) is 9.08. The summed E-state index contributed by atoms with van der Waals surface area (Å²) in [5.41, 5.74) is 3.24. The van der Waals surface area contributed by atoms with E-state index < -0.39 is 6.10 Å². The van der Waals surface area contributed by atoms with E-state index in [2.05, 4.69) is 22.4 Å².